The first-order valence-corrected chi connectivity index (χ1v) is 5.46. The number of nitrogens with zero attached hydrogens (tertiary/aromatic N) is 1. The normalized spacial score (nSPS) is 11.1. The Hall–Kier alpha value is -2.23. The summed E-state index contributed by atoms with van der Waals surface area (Å²) in [6, 6.07) is 6.96. The van der Waals surface area contributed by atoms with Crippen LogP contribution in [0.1, 0.15) is 5.76 Å². The molecule has 0 radical (unpaired) electrons. The predicted molar refractivity (Wildman–Crippen MR) is 64.1 cm³/mol. The molecule has 0 atom stereocenters. The fraction of sp³-hybridized carbons (Fsp3) is 0.0714. The molecule has 0 aliphatic carbocycles. The number of fused-ring (bicyclic) bond motifs is 1. The third kappa shape index (κ3) is 1.66. The number of pyridine rings is 1. The summed E-state index contributed by atoms with van der Waals surface area (Å²) in [4.78, 5) is 4.16. The van der Waals surface area contributed by atoms with Crippen molar-refractivity contribution in [1.29, 1.82) is 0 Å². The van der Waals surface area contributed by atoms with Crippen molar-refractivity contribution in [2.75, 3.05) is 0 Å². The molecule has 0 bridgehead atoms. The van der Waals surface area contributed by atoms with E-state index in [1.165, 1.54) is 12.1 Å². The standard InChI is InChI=1S/C14H9F2NO/c1-8-6-11-13(18-8)4-5-17-14(11)10-3-2-9(15)7-12(10)16/h2-7H,1H3. The molecular weight excluding hydrogens is 236 g/mol. The van der Waals surface area contributed by atoms with E-state index < -0.39 is 11.6 Å². The van der Waals surface area contributed by atoms with Gasteiger partial charge in [0.15, 0.2) is 0 Å². The van der Waals surface area contributed by atoms with E-state index in [2.05, 4.69) is 4.98 Å². The Balaban J connectivity index is 2.31. The smallest absolute Gasteiger partial charge is 0.137 e. The Labute approximate surface area is 102 Å². The van der Waals surface area contributed by atoms with Crippen molar-refractivity contribution in [3.05, 3.63) is 53.9 Å². The van der Waals surface area contributed by atoms with Gasteiger partial charge in [-0.3, -0.25) is 4.98 Å². The van der Waals surface area contributed by atoms with Crippen molar-refractivity contribution in [2.24, 2.45) is 0 Å². The van der Waals surface area contributed by atoms with Crippen LogP contribution < -0.4 is 0 Å². The molecule has 0 aliphatic heterocycles. The van der Waals surface area contributed by atoms with E-state index in [0.29, 0.717) is 11.3 Å². The van der Waals surface area contributed by atoms with Gasteiger partial charge in [0.2, 0.25) is 0 Å². The summed E-state index contributed by atoms with van der Waals surface area (Å²) in [5.74, 6) is -0.512. The number of halogens is 2. The van der Waals surface area contributed by atoms with Crippen molar-refractivity contribution in [3.8, 4) is 11.3 Å². The lowest BCUT2D eigenvalue weighted by atomic mass is 10.1. The average Bonchev–Trinajstić information content (AvgIpc) is 2.69. The third-order valence-electron chi connectivity index (χ3n) is 2.75. The van der Waals surface area contributed by atoms with E-state index >= 15 is 0 Å². The zero-order valence-corrected chi connectivity index (χ0v) is 9.58. The van der Waals surface area contributed by atoms with Crippen molar-refractivity contribution >= 4 is 11.0 Å². The number of aromatic nitrogens is 1. The molecule has 0 saturated carbocycles. The highest BCUT2D eigenvalue weighted by atomic mass is 19.1. The summed E-state index contributed by atoms with van der Waals surface area (Å²) in [6.07, 6.45) is 1.55. The molecule has 2 nitrogen and oxygen atoms in total. The molecule has 0 unspecified atom stereocenters. The fourth-order valence-corrected chi connectivity index (χ4v) is 1.99. The minimum absolute atomic E-state index is 0.266. The molecule has 0 N–H and O–H groups in total. The van der Waals surface area contributed by atoms with Crippen LogP contribution in [0, 0.1) is 18.6 Å². The molecule has 0 spiro atoms. The average molecular weight is 245 g/mol. The van der Waals surface area contributed by atoms with Gasteiger partial charge in [0, 0.05) is 23.2 Å². The van der Waals surface area contributed by atoms with Crippen LogP contribution in [0.25, 0.3) is 22.2 Å². The monoisotopic (exact) mass is 245 g/mol. The Morgan fingerprint density at radius 2 is 1.94 bits per heavy atom. The maximum absolute atomic E-state index is 13.8. The Morgan fingerprint density at radius 1 is 1.11 bits per heavy atom. The van der Waals surface area contributed by atoms with E-state index in [1.54, 1.807) is 18.3 Å². The maximum Gasteiger partial charge on any atom is 0.137 e. The molecular formula is C14H9F2NO. The molecule has 90 valence electrons. The quantitative estimate of drug-likeness (QED) is 0.645. The number of aryl methyl sites for hydroxylation is 1. The summed E-state index contributed by atoms with van der Waals surface area (Å²) < 4.78 is 32.1. The molecule has 3 aromatic rings. The summed E-state index contributed by atoms with van der Waals surface area (Å²) in [6.45, 7) is 1.81. The number of hydrogen-bond donors (Lipinski definition) is 0. The van der Waals surface area contributed by atoms with Crippen LogP contribution >= 0.6 is 0 Å². The van der Waals surface area contributed by atoms with Gasteiger partial charge in [-0.15, -0.1) is 0 Å². The minimum atomic E-state index is -0.631. The molecule has 18 heavy (non-hydrogen) atoms. The highest BCUT2D eigenvalue weighted by Crippen LogP contribution is 2.30. The van der Waals surface area contributed by atoms with Crippen molar-refractivity contribution in [2.45, 2.75) is 6.92 Å². The zero-order valence-electron chi connectivity index (χ0n) is 9.58. The molecule has 0 aliphatic rings. The van der Waals surface area contributed by atoms with Crippen LogP contribution in [0.15, 0.2) is 40.9 Å². The van der Waals surface area contributed by atoms with Gasteiger partial charge in [0.1, 0.15) is 23.0 Å². The predicted octanol–water partition coefficient (Wildman–Crippen LogP) is 4.08. The van der Waals surface area contributed by atoms with E-state index in [4.69, 9.17) is 4.42 Å². The van der Waals surface area contributed by atoms with E-state index in [-0.39, 0.29) is 5.56 Å². The van der Waals surface area contributed by atoms with Gasteiger partial charge in [-0.1, -0.05) is 0 Å². The SMILES string of the molecule is Cc1cc2c(-c3ccc(F)cc3F)nccc2o1. The molecule has 2 aromatic heterocycles. The lowest BCUT2D eigenvalue weighted by Crippen LogP contribution is -1.89. The van der Waals surface area contributed by atoms with Crippen LogP contribution in [-0.4, -0.2) is 4.98 Å². The van der Waals surface area contributed by atoms with Crippen LogP contribution in [-0.2, 0) is 0 Å². The summed E-state index contributed by atoms with van der Waals surface area (Å²) in [5.41, 5.74) is 1.37. The minimum Gasteiger partial charge on any atom is -0.461 e. The molecule has 1 aromatic carbocycles. The first-order chi connectivity index (χ1) is 8.65. The van der Waals surface area contributed by atoms with Gasteiger partial charge in [-0.05, 0) is 31.2 Å². The molecule has 4 heteroatoms. The second-order valence-electron chi connectivity index (χ2n) is 4.05. The molecule has 0 saturated heterocycles. The van der Waals surface area contributed by atoms with E-state index in [1.807, 2.05) is 6.92 Å². The highest BCUT2D eigenvalue weighted by Gasteiger charge is 2.13. The first kappa shape index (κ1) is 10.9. The third-order valence-corrected chi connectivity index (χ3v) is 2.75. The first-order valence-electron chi connectivity index (χ1n) is 5.46. The Morgan fingerprint density at radius 3 is 2.72 bits per heavy atom. The van der Waals surface area contributed by atoms with Crippen molar-refractivity contribution < 1.29 is 13.2 Å². The second kappa shape index (κ2) is 3.91. The topological polar surface area (TPSA) is 26.0 Å². The Bertz CT molecular complexity index is 734. The Kier molecular flexibility index (Phi) is 2.37. The van der Waals surface area contributed by atoms with Crippen LogP contribution in [0.3, 0.4) is 0 Å². The van der Waals surface area contributed by atoms with Gasteiger partial charge in [0.05, 0.1) is 5.69 Å². The van der Waals surface area contributed by atoms with Gasteiger partial charge >= 0.3 is 0 Å². The molecule has 0 amide bonds. The van der Waals surface area contributed by atoms with Gasteiger partial charge in [-0.25, -0.2) is 8.78 Å². The number of benzene rings is 1. The van der Waals surface area contributed by atoms with Crippen molar-refractivity contribution in [3.63, 3.8) is 0 Å². The fourth-order valence-electron chi connectivity index (χ4n) is 1.99. The van der Waals surface area contributed by atoms with Gasteiger partial charge < -0.3 is 4.42 Å². The van der Waals surface area contributed by atoms with Crippen molar-refractivity contribution in [1.82, 2.24) is 4.98 Å². The van der Waals surface area contributed by atoms with Crippen LogP contribution in [0.5, 0.6) is 0 Å². The van der Waals surface area contributed by atoms with E-state index in [0.717, 1.165) is 17.2 Å². The maximum atomic E-state index is 13.8. The summed E-state index contributed by atoms with van der Waals surface area (Å²) in [5, 5.41) is 0.723. The van der Waals surface area contributed by atoms with Gasteiger partial charge in [-0.2, -0.15) is 0 Å². The summed E-state index contributed by atoms with van der Waals surface area (Å²) in [7, 11) is 0. The molecule has 2 heterocycles. The van der Waals surface area contributed by atoms with Crippen LogP contribution in [0.2, 0.25) is 0 Å². The number of hydrogen-bond acceptors (Lipinski definition) is 2. The van der Waals surface area contributed by atoms with E-state index in [9.17, 15) is 8.78 Å². The highest BCUT2D eigenvalue weighted by molar-refractivity contribution is 5.91. The lowest BCUT2D eigenvalue weighted by Gasteiger charge is -2.03. The zero-order chi connectivity index (χ0) is 12.7. The second-order valence-corrected chi connectivity index (χ2v) is 4.05. The summed E-state index contributed by atoms with van der Waals surface area (Å²) >= 11 is 0. The number of rotatable bonds is 1. The van der Waals surface area contributed by atoms with Crippen LogP contribution in [0.4, 0.5) is 8.78 Å². The number of furan rings is 1. The lowest BCUT2D eigenvalue weighted by molar-refractivity contribution is 0.578. The molecule has 3 rings (SSSR count). The van der Waals surface area contributed by atoms with Gasteiger partial charge in [0.25, 0.3) is 0 Å². The largest absolute Gasteiger partial charge is 0.461 e. The molecule has 0 fully saturated rings.